The Morgan fingerprint density at radius 2 is 1.77 bits per heavy atom. The second kappa shape index (κ2) is 6.93. The molecule has 0 saturated heterocycles. The summed E-state index contributed by atoms with van der Waals surface area (Å²) in [4.78, 5) is 12.9. The minimum absolute atomic E-state index is 0.0505. The molecule has 118 valence electrons. The number of aromatic nitrogens is 1. The van der Waals surface area contributed by atoms with Crippen molar-refractivity contribution in [3.05, 3.63) is 69.1 Å². The van der Waals surface area contributed by atoms with E-state index in [4.69, 9.17) is 5.73 Å². The molecule has 1 aromatic carbocycles. The molecule has 1 unspecified atom stereocenters. The van der Waals surface area contributed by atoms with Crippen molar-refractivity contribution in [2.24, 2.45) is 11.7 Å². The Hall–Kier alpha value is -1.87. The van der Waals surface area contributed by atoms with Crippen LogP contribution >= 0.6 is 0 Å². The van der Waals surface area contributed by atoms with Crippen LogP contribution in [0.15, 0.2) is 41.2 Å². The molecule has 22 heavy (non-hydrogen) atoms. The molecule has 3 heteroatoms. The normalized spacial score (nSPS) is 12.6. The molecule has 3 nitrogen and oxygen atoms in total. The van der Waals surface area contributed by atoms with Crippen LogP contribution in [0.1, 0.15) is 48.7 Å². The van der Waals surface area contributed by atoms with Crippen molar-refractivity contribution in [2.75, 3.05) is 0 Å². The maximum absolute atomic E-state index is 12.9. The van der Waals surface area contributed by atoms with Gasteiger partial charge in [-0.1, -0.05) is 44.2 Å². The lowest BCUT2D eigenvalue weighted by molar-refractivity contribution is 0.498. The molecule has 0 saturated carbocycles. The lowest BCUT2D eigenvalue weighted by Gasteiger charge is -2.19. The van der Waals surface area contributed by atoms with Crippen molar-refractivity contribution in [1.82, 2.24) is 4.57 Å². The van der Waals surface area contributed by atoms with Crippen LogP contribution in [0, 0.1) is 19.8 Å². The highest BCUT2D eigenvalue weighted by Gasteiger charge is 2.18. The van der Waals surface area contributed by atoms with Crippen LogP contribution in [-0.4, -0.2) is 4.57 Å². The SMILES string of the molecule is Cc1cc(C)n(CCC(C)C)c(=O)c1C(N)c1ccccc1. The van der Waals surface area contributed by atoms with Gasteiger partial charge in [-0.05, 0) is 43.4 Å². The Labute approximate surface area is 132 Å². The van der Waals surface area contributed by atoms with Gasteiger partial charge in [0.1, 0.15) is 0 Å². The van der Waals surface area contributed by atoms with Crippen molar-refractivity contribution in [3.8, 4) is 0 Å². The molecule has 1 aromatic heterocycles. The summed E-state index contributed by atoms with van der Waals surface area (Å²) in [6.45, 7) is 9.05. The Balaban J connectivity index is 2.47. The maximum atomic E-state index is 12.9. The van der Waals surface area contributed by atoms with Crippen LogP contribution in [0.2, 0.25) is 0 Å². The first-order chi connectivity index (χ1) is 10.4. The zero-order chi connectivity index (χ0) is 16.3. The number of nitrogens with two attached hydrogens (primary N) is 1. The summed E-state index contributed by atoms with van der Waals surface area (Å²) in [6, 6.07) is 11.5. The van der Waals surface area contributed by atoms with E-state index in [2.05, 4.69) is 19.9 Å². The van der Waals surface area contributed by atoms with Crippen LogP contribution in [0.5, 0.6) is 0 Å². The first-order valence-electron chi connectivity index (χ1n) is 7.93. The Morgan fingerprint density at radius 3 is 2.36 bits per heavy atom. The van der Waals surface area contributed by atoms with Gasteiger partial charge >= 0.3 is 0 Å². The zero-order valence-electron chi connectivity index (χ0n) is 14.0. The van der Waals surface area contributed by atoms with E-state index in [0.29, 0.717) is 11.5 Å². The largest absolute Gasteiger partial charge is 0.320 e. The number of aryl methyl sites for hydroxylation is 2. The van der Waals surface area contributed by atoms with Gasteiger partial charge in [0, 0.05) is 17.8 Å². The average Bonchev–Trinajstić information content (AvgIpc) is 2.47. The smallest absolute Gasteiger partial charge is 0.256 e. The minimum atomic E-state index is -0.375. The third-order valence-electron chi connectivity index (χ3n) is 4.15. The third-order valence-corrected chi connectivity index (χ3v) is 4.15. The standard InChI is InChI=1S/C19H26N2O/c1-13(2)10-11-21-15(4)12-14(3)17(19(21)22)18(20)16-8-6-5-7-9-16/h5-9,12-13,18H,10-11,20H2,1-4H3. The number of nitrogens with zero attached hydrogens (tertiary/aromatic N) is 1. The van der Waals surface area contributed by atoms with Crippen molar-refractivity contribution in [3.63, 3.8) is 0 Å². The van der Waals surface area contributed by atoms with Gasteiger partial charge in [-0.2, -0.15) is 0 Å². The molecule has 0 radical (unpaired) electrons. The molecule has 0 aliphatic heterocycles. The van der Waals surface area contributed by atoms with Crippen LogP contribution < -0.4 is 11.3 Å². The van der Waals surface area contributed by atoms with Gasteiger partial charge in [0.05, 0.1) is 6.04 Å². The van der Waals surface area contributed by atoms with E-state index in [1.807, 2.05) is 48.7 Å². The van der Waals surface area contributed by atoms with E-state index in [-0.39, 0.29) is 11.6 Å². The van der Waals surface area contributed by atoms with Gasteiger partial charge < -0.3 is 10.3 Å². The minimum Gasteiger partial charge on any atom is -0.320 e. The second-order valence-electron chi connectivity index (χ2n) is 6.41. The first kappa shape index (κ1) is 16.5. The number of hydrogen-bond donors (Lipinski definition) is 1. The fourth-order valence-corrected chi connectivity index (χ4v) is 2.81. The molecule has 0 aliphatic carbocycles. The summed E-state index contributed by atoms with van der Waals surface area (Å²) in [5.74, 6) is 0.568. The number of hydrogen-bond acceptors (Lipinski definition) is 2. The maximum Gasteiger partial charge on any atom is 0.256 e. The van der Waals surface area contributed by atoms with Crippen molar-refractivity contribution >= 4 is 0 Å². The molecule has 0 amide bonds. The Morgan fingerprint density at radius 1 is 1.14 bits per heavy atom. The molecular formula is C19H26N2O. The zero-order valence-corrected chi connectivity index (χ0v) is 14.0. The number of rotatable bonds is 5. The van der Waals surface area contributed by atoms with Crippen LogP contribution in [-0.2, 0) is 6.54 Å². The van der Waals surface area contributed by atoms with E-state index in [9.17, 15) is 4.79 Å². The quantitative estimate of drug-likeness (QED) is 0.917. The van der Waals surface area contributed by atoms with Gasteiger partial charge in [0.25, 0.3) is 5.56 Å². The summed E-state index contributed by atoms with van der Waals surface area (Å²) >= 11 is 0. The lowest BCUT2D eigenvalue weighted by atomic mass is 9.96. The predicted molar refractivity (Wildman–Crippen MR) is 92.1 cm³/mol. The molecule has 1 heterocycles. The number of pyridine rings is 1. The Bertz CT molecular complexity index is 687. The molecule has 2 aromatic rings. The summed E-state index contributed by atoms with van der Waals surface area (Å²) in [5.41, 5.74) is 10.1. The summed E-state index contributed by atoms with van der Waals surface area (Å²) in [5, 5.41) is 0. The molecule has 0 spiro atoms. The fraction of sp³-hybridized carbons (Fsp3) is 0.421. The van der Waals surface area contributed by atoms with Gasteiger partial charge in [0.2, 0.25) is 0 Å². The van der Waals surface area contributed by atoms with E-state index < -0.39 is 0 Å². The monoisotopic (exact) mass is 298 g/mol. The van der Waals surface area contributed by atoms with Gasteiger partial charge in [0.15, 0.2) is 0 Å². The molecule has 1 atom stereocenters. The highest BCUT2D eigenvalue weighted by Crippen LogP contribution is 2.20. The highest BCUT2D eigenvalue weighted by molar-refractivity contribution is 5.36. The highest BCUT2D eigenvalue weighted by atomic mass is 16.1. The molecular weight excluding hydrogens is 272 g/mol. The topological polar surface area (TPSA) is 48.0 Å². The molecule has 0 bridgehead atoms. The molecule has 0 aliphatic rings. The van der Waals surface area contributed by atoms with Gasteiger partial charge in [-0.3, -0.25) is 4.79 Å². The fourth-order valence-electron chi connectivity index (χ4n) is 2.81. The van der Waals surface area contributed by atoms with E-state index in [0.717, 1.165) is 29.8 Å². The van der Waals surface area contributed by atoms with Gasteiger partial charge in [-0.25, -0.2) is 0 Å². The summed E-state index contributed by atoms with van der Waals surface area (Å²) in [7, 11) is 0. The molecule has 0 fully saturated rings. The van der Waals surface area contributed by atoms with E-state index >= 15 is 0 Å². The van der Waals surface area contributed by atoms with Crippen LogP contribution in [0.25, 0.3) is 0 Å². The van der Waals surface area contributed by atoms with Crippen molar-refractivity contribution in [1.29, 1.82) is 0 Å². The van der Waals surface area contributed by atoms with E-state index in [1.54, 1.807) is 0 Å². The average molecular weight is 298 g/mol. The molecule has 2 N–H and O–H groups in total. The number of benzene rings is 1. The van der Waals surface area contributed by atoms with Crippen molar-refractivity contribution < 1.29 is 0 Å². The summed E-state index contributed by atoms with van der Waals surface area (Å²) < 4.78 is 1.87. The van der Waals surface area contributed by atoms with Crippen LogP contribution in [0.3, 0.4) is 0 Å². The van der Waals surface area contributed by atoms with Gasteiger partial charge in [-0.15, -0.1) is 0 Å². The first-order valence-corrected chi connectivity index (χ1v) is 7.93. The van der Waals surface area contributed by atoms with Crippen LogP contribution in [0.4, 0.5) is 0 Å². The predicted octanol–water partition coefficient (Wildman–Crippen LogP) is 3.56. The third kappa shape index (κ3) is 3.47. The molecule has 2 rings (SSSR count). The van der Waals surface area contributed by atoms with E-state index in [1.165, 1.54) is 0 Å². The van der Waals surface area contributed by atoms with Crippen molar-refractivity contribution in [2.45, 2.75) is 46.7 Å². The lowest BCUT2D eigenvalue weighted by Crippen LogP contribution is -2.31. The Kier molecular flexibility index (Phi) is 5.19. The summed E-state index contributed by atoms with van der Waals surface area (Å²) in [6.07, 6.45) is 0.990. The second-order valence-corrected chi connectivity index (χ2v) is 6.41.